The van der Waals surface area contributed by atoms with Crippen molar-refractivity contribution < 1.29 is 18.9 Å². The summed E-state index contributed by atoms with van der Waals surface area (Å²) >= 11 is 3.11. The van der Waals surface area contributed by atoms with Crippen molar-refractivity contribution in [3.05, 3.63) is 98.5 Å². The lowest BCUT2D eigenvalue weighted by atomic mass is 10.1. The smallest absolute Gasteiger partial charge is 0.291 e. The van der Waals surface area contributed by atoms with Gasteiger partial charge in [-0.3, -0.25) is 19.7 Å². The third-order valence-electron chi connectivity index (χ3n) is 3.71. The Morgan fingerprint density at radius 2 is 1.79 bits per heavy atom. The molecule has 0 aliphatic heterocycles. The lowest BCUT2D eigenvalue weighted by molar-refractivity contribution is -0.384. The number of nitrogens with zero attached hydrogens (tertiary/aromatic N) is 1. The molecule has 0 aliphatic carbocycles. The summed E-state index contributed by atoms with van der Waals surface area (Å²) in [5, 5.41) is 16.2. The van der Waals surface area contributed by atoms with Crippen molar-refractivity contribution >= 4 is 45.2 Å². The molecular weight excluding hydrogens is 442 g/mol. The molecule has 3 aromatic rings. The minimum absolute atomic E-state index is 0.00525. The maximum atomic E-state index is 12.7. The van der Waals surface area contributed by atoms with Crippen LogP contribution in [0.2, 0.25) is 0 Å². The van der Waals surface area contributed by atoms with E-state index in [1.165, 1.54) is 30.3 Å². The molecule has 2 aromatic carbocycles. The number of nitro groups is 1. The first kappa shape index (κ1) is 20.0. The van der Waals surface area contributed by atoms with Crippen LogP contribution in [-0.2, 0) is 4.79 Å². The number of rotatable bonds is 6. The Morgan fingerprint density at radius 3 is 2.45 bits per heavy atom. The summed E-state index contributed by atoms with van der Waals surface area (Å²) in [6.07, 6.45) is 1.35. The average molecular weight is 456 g/mol. The van der Waals surface area contributed by atoms with Crippen molar-refractivity contribution in [3.8, 4) is 0 Å². The molecule has 0 saturated heterocycles. The van der Waals surface area contributed by atoms with Gasteiger partial charge in [-0.25, -0.2) is 0 Å². The average Bonchev–Trinajstić information content (AvgIpc) is 3.15. The molecule has 0 bridgehead atoms. The molecule has 0 saturated carbocycles. The molecule has 2 amide bonds. The second-order valence-electron chi connectivity index (χ2n) is 5.79. The molecule has 0 aliphatic rings. The normalized spacial score (nSPS) is 11.0. The lowest BCUT2D eigenvalue weighted by Gasteiger charge is -2.10. The molecule has 29 heavy (non-hydrogen) atoms. The van der Waals surface area contributed by atoms with E-state index in [0.29, 0.717) is 15.9 Å². The predicted octanol–water partition coefficient (Wildman–Crippen LogP) is 4.36. The van der Waals surface area contributed by atoms with E-state index < -0.39 is 16.7 Å². The summed E-state index contributed by atoms with van der Waals surface area (Å²) in [7, 11) is 0. The van der Waals surface area contributed by atoms with Gasteiger partial charge in [-0.2, -0.15) is 0 Å². The fourth-order valence-corrected chi connectivity index (χ4v) is 2.70. The fraction of sp³-hybridized carbons (Fsp3) is 0. The van der Waals surface area contributed by atoms with Gasteiger partial charge in [0.25, 0.3) is 17.5 Å². The number of nitro benzene ring substituents is 1. The number of amides is 2. The Morgan fingerprint density at radius 1 is 1.03 bits per heavy atom. The van der Waals surface area contributed by atoms with E-state index in [1.54, 1.807) is 42.5 Å². The molecular formula is C20H14BrN3O5. The highest BCUT2D eigenvalue weighted by Crippen LogP contribution is 2.18. The summed E-state index contributed by atoms with van der Waals surface area (Å²) < 4.78 is 5.56. The van der Waals surface area contributed by atoms with Gasteiger partial charge in [-0.1, -0.05) is 30.3 Å². The zero-order valence-electron chi connectivity index (χ0n) is 14.8. The number of anilines is 1. The van der Waals surface area contributed by atoms with Gasteiger partial charge in [-0.05, 0) is 51.8 Å². The molecule has 0 unspecified atom stereocenters. The molecule has 146 valence electrons. The van der Waals surface area contributed by atoms with Crippen molar-refractivity contribution in [2.24, 2.45) is 0 Å². The fourth-order valence-electron chi connectivity index (χ4n) is 2.39. The topological polar surface area (TPSA) is 114 Å². The van der Waals surface area contributed by atoms with E-state index in [9.17, 15) is 19.7 Å². The minimum atomic E-state index is -0.643. The molecule has 1 aromatic heterocycles. The van der Waals surface area contributed by atoms with Crippen molar-refractivity contribution in [1.82, 2.24) is 5.32 Å². The zero-order chi connectivity index (χ0) is 20.8. The molecule has 0 spiro atoms. The number of para-hydroxylation sites is 1. The van der Waals surface area contributed by atoms with Crippen LogP contribution in [0, 0.1) is 10.1 Å². The largest absolute Gasteiger partial charge is 0.444 e. The van der Waals surface area contributed by atoms with E-state index >= 15 is 0 Å². The molecule has 2 N–H and O–H groups in total. The van der Waals surface area contributed by atoms with Gasteiger partial charge in [0, 0.05) is 17.8 Å². The zero-order valence-corrected chi connectivity index (χ0v) is 16.4. The maximum Gasteiger partial charge on any atom is 0.291 e. The number of halogens is 1. The summed E-state index contributed by atoms with van der Waals surface area (Å²) in [5.74, 6) is -1.24. The summed E-state index contributed by atoms with van der Waals surface area (Å²) in [5.41, 5.74) is 0.658. The van der Waals surface area contributed by atoms with Crippen LogP contribution in [-0.4, -0.2) is 16.7 Å². The van der Waals surface area contributed by atoms with Crippen LogP contribution in [0.4, 0.5) is 11.4 Å². The molecule has 0 radical (unpaired) electrons. The number of hydrogen-bond donors (Lipinski definition) is 2. The van der Waals surface area contributed by atoms with Crippen molar-refractivity contribution in [2.75, 3.05) is 5.32 Å². The van der Waals surface area contributed by atoms with E-state index in [-0.39, 0.29) is 17.1 Å². The molecule has 1 heterocycles. The van der Waals surface area contributed by atoms with Crippen molar-refractivity contribution in [2.45, 2.75) is 0 Å². The summed E-state index contributed by atoms with van der Waals surface area (Å²) in [4.78, 5) is 35.6. The summed E-state index contributed by atoms with van der Waals surface area (Å²) in [6, 6.07) is 17.4. The third kappa shape index (κ3) is 5.39. The number of non-ortho nitro benzene ring substituents is 1. The highest BCUT2D eigenvalue weighted by Gasteiger charge is 2.18. The van der Waals surface area contributed by atoms with Gasteiger partial charge >= 0.3 is 0 Å². The highest BCUT2D eigenvalue weighted by molar-refractivity contribution is 9.10. The Hall–Kier alpha value is -3.72. The maximum absolute atomic E-state index is 12.7. The number of carbonyl (C=O) groups excluding carboxylic acids is 2. The monoisotopic (exact) mass is 455 g/mol. The Labute approximate surface area is 173 Å². The molecule has 3 rings (SSSR count). The van der Waals surface area contributed by atoms with Crippen LogP contribution in [0.5, 0.6) is 0 Å². The van der Waals surface area contributed by atoms with Gasteiger partial charge in [0.05, 0.1) is 4.92 Å². The van der Waals surface area contributed by atoms with Crippen molar-refractivity contribution in [1.29, 1.82) is 0 Å². The van der Waals surface area contributed by atoms with E-state index in [2.05, 4.69) is 26.6 Å². The number of benzene rings is 2. The number of hydrogen-bond acceptors (Lipinski definition) is 5. The van der Waals surface area contributed by atoms with Crippen LogP contribution in [0.15, 0.2) is 81.5 Å². The van der Waals surface area contributed by atoms with Gasteiger partial charge in [0.2, 0.25) is 0 Å². The minimum Gasteiger partial charge on any atom is -0.444 e. The molecule has 0 atom stereocenters. The van der Waals surface area contributed by atoms with Crippen LogP contribution >= 0.6 is 15.9 Å². The second kappa shape index (κ2) is 8.98. The van der Waals surface area contributed by atoms with Gasteiger partial charge in [0.15, 0.2) is 10.4 Å². The predicted molar refractivity (Wildman–Crippen MR) is 110 cm³/mol. The second-order valence-corrected chi connectivity index (χ2v) is 6.57. The Balaban J connectivity index is 1.91. The van der Waals surface area contributed by atoms with Gasteiger partial charge in [0.1, 0.15) is 5.70 Å². The van der Waals surface area contributed by atoms with E-state index in [0.717, 1.165) is 0 Å². The Bertz CT molecular complexity index is 1090. The number of nitrogens with one attached hydrogen (secondary N) is 2. The Kier molecular flexibility index (Phi) is 6.20. The van der Waals surface area contributed by atoms with Gasteiger partial charge in [-0.15, -0.1) is 0 Å². The molecule has 0 fully saturated rings. The lowest BCUT2D eigenvalue weighted by Crippen LogP contribution is -2.30. The van der Waals surface area contributed by atoms with Crippen LogP contribution < -0.4 is 10.6 Å². The molecule has 9 heteroatoms. The highest BCUT2D eigenvalue weighted by atomic mass is 79.9. The number of carbonyl (C=O) groups is 2. The number of furan rings is 1. The standard InChI is InChI=1S/C20H14BrN3O5/c21-18-10-9-17(29-18)20(26)23-16(19(25)22-14-6-2-1-3-7-14)12-13-5-4-8-15(11-13)24(27)28/h1-12H,(H,22,25)(H,23,26)/b16-12-. The van der Waals surface area contributed by atoms with Crippen LogP contribution in [0.1, 0.15) is 16.1 Å². The quantitative estimate of drug-likeness (QED) is 0.325. The van der Waals surface area contributed by atoms with Gasteiger partial charge < -0.3 is 15.1 Å². The van der Waals surface area contributed by atoms with Crippen LogP contribution in [0.3, 0.4) is 0 Å². The summed E-state index contributed by atoms with van der Waals surface area (Å²) in [6.45, 7) is 0. The SMILES string of the molecule is O=C(Nc1ccccc1)/C(=C/c1cccc([N+](=O)[O-])c1)NC(=O)c1ccc(Br)o1. The first-order valence-electron chi connectivity index (χ1n) is 8.31. The van der Waals surface area contributed by atoms with E-state index in [1.807, 2.05) is 0 Å². The van der Waals surface area contributed by atoms with Crippen LogP contribution in [0.25, 0.3) is 6.08 Å². The third-order valence-corrected chi connectivity index (χ3v) is 4.14. The molecule has 8 nitrogen and oxygen atoms in total. The van der Waals surface area contributed by atoms with E-state index in [4.69, 9.17) is 4.42 Å². The first-order chi connectivity index (χ1) is 13.9. The first-order valence-corrected chi connectivity index (χ1v) is 9.11. The van der Waals surface area contributed by atoms with Crippen molar-refractivity contribution in [3.63, 3.8) is 0 Å².